The molecule has 1 fully saturated rings. The molecule has 0 spiro atoms. The average molecular weight is 356 g/mol. The molecule has 0 unspecified atom stereocenters. The Labute approximate surface area is 151 Å². The van der Waals surface area contributed by atoms with Crippen molar-refractivity contribution < 1.29 is 9.53 Å². The number of nitrogens with one attached hydrogen (secondary N) is 2. The van der Waals surface area contributed by atoms with Crippen molar-refractivity contribution in [1.82, 2.24) is 15.5 Å². The first-order valence-corrected chi connectivity index (χ1v) is 8.45. The molecular formula is C18H30ClN3O2. The fourth-order valence-corrected chi connectivity index (χ4v) is 2.58. The maximum absolute atomic E-state index is 12.1. The van der Waals surface area contributed by atoms with Gasteiger partial charge in [0.1, 0.15) is 0 Å². The van der Waals surface area contributed by atoms with Gasteiger partial charge in [-0.2, -0.15) is 0 Å². The van der Waals surface area contributed by atoms with E-state index in [1.54, 1.807) is 0 Å². The van der Waals surface area contributed by atoms with Crippen molar-refractivity contribution in [2.24, 2.45) is 0 Å². The summed E-state index contributed by atoms with van der Waals surface area (Å²) in [4.78, 5) is 14.3. The van der Waals surface area contributed by atoms with E-state index in [1.165, 1.54) is 0 Å². The van der Waals surface area contributed by atoms with Crippen LogP contribution in [0.3, 0.4) is 0 Å². The van der Waals surface area contributed by atoms with Gasteiger partial charge in [-0.3, -0.25) is 9.69 Å². The van der Waals surface area contributed by atoms with Gasteiger partial charge in [-0.25, -0.2) is 0 Å². The monoisotopic (exact) mass is 355 g/mol. The zero-order chi connectivity index (χ0) is 16.7. The van der Waals surface area contributed by atoms with Crippen LogP contribution in [0, 0.1) is 0 Å². The number of amides is 1. The first-order valence-electron chi connectivity index (χ1n) is 8.45. The third-order valence-corrected chi connectivity index (χ3v) is 4.08. The van der Waals surface area contributed by atoms with Crippen LogP contribution in [0.15, 0.2) is 24.3 Å². The van der Waals surface area contributed by atoms with Crippen LogP contribution in [-0.4, -0.2) is 49.1 Å². The lowest BCUT2D eigenvalue weighted by atomic mass is 10.1. The molecular weight excluding hydrogens is 326 g/mol. The van der Waals surface area contributed by atoms with Gasteiger partial charge >= 0.3 is 0 Å². The summed E-state index contributed by atoms with van der Waals surface area (Å²) in [6.07, 6.45) is 0.237. The van der Waals surface area contributed by atoms with E-state index in [1.807, 2.05) is 26.0 Å². The van der Waals surface area contributed by atoms with Crippen LogP contribution in [0.2, 0.25) is 0 Å². The second-order valence-corrected chi connectivity index (χ2v) is 6.48. The van der Waals surface area contributed by atoms with Crippen molar-refractivity contribution in [3.63, 3.8) is 0 Å². The van der Waals surface area contributed by atoms with E-state index in [2.05, 4.69) is 34.6 Å². The van der Waals surface area contributed by atoms with E-state index < -0.39 is 0 Å². The van der Waals surface area contributed by atoms with Crippen LogP contribution >= 0.6 is 12.4 Å². The van der Waals surface area contributed by atoms with Crippen LogP contribution in [0.5, 0.6) is 0 Å². The first kappa shape index (κ1) is 20.9. The van der Waals surface area contributed by atoms with Crippen molar-refractivity contribution in [2.75, 3.05) is 26.2 Å². The third-order valence-electron chi connectivity index (χ3n) is 4.08. The standard InChI is InChI=1S/C18H29N3O2.ClH/c1-14(2)23-13-17-6-4-16(5-7-17)11-20-18(22)12-21-9-8-19-10-15(21)3;/h4-7,14-15,19H,8-13H2,1-3H3,(H,20,22);1H/t15-;/m1./s1. The van der Waals surface area contributed by atoms with E-state index >= 15 is 0 Å². The van der Waals surface area contributed by atoms with Gasteiger partial charge in [-0.1, -0.05) is 24.3 Å². The highest BCUT2D eigenvalue weighted by molar-refractivity contribution is 5.85. The first-order chi connectivity index (χ1) is 11.0. The molecule has 0 radical (unpaired) electrons. The lowest BCUT2D eigenvalue weighted by molar-refractivity contribution is -0.123. The molecule has 1 aromatic rings. The minimum Gasteiger partial charge on any atom is -0.374 e. The van der Waals surface area contributed by atoms with Crippen molar-refractivity contribution >= 4 is 18.3 Å². The van der Waals surface area contributed by atoms with E-state index in [0.717, 1.165) is 30.8 Å². The highest BCUT2D eigenvalue weighted by Crippen LogP contribution is 2.07. The molecule has 1 saturated heterocycles. The average Bonchev–Trinajstić information content (AvgIpc) is 2.54. The molecule has 6 heteroatoms. The Hall–Kier alpha value is -1.14. The summed E-state index contributed by atoms with van der Waals surface area (Å²) in [6, 6.07) is 8.62. The van der Waals surface area contributed by atoms with E-state index in [4.69, 9.17) is 4.74 Å². The maximum Gasteiger partial charge on any atom is 0.234 e. The molecule has 0 aliphatic carbocycles. The van der Waals surface area contributed by atoms with Gasteiger partial charge < -0.3 is 15.4 Å². The molecule has 2 rings (SSSR count). The third kappa shape index (κ3) is 7.18. The summed E-state index contributed by atoms with van der Waals surface area (Å²) < 4.78 is 5.58. The van der Waals surface area contributed by atoms with Crippen LogP contribution in [-0.2, 0) is 22.7 Å². The molecule has 0 aromatic heterocycles. The minimum absolute atomic E-state index is 0. The van der Waals surface area contributed by atoms with Crippen LogP contribution < -0.4 is 10.6 Å². The molecule has 1 aliphatic rings. The van der Waals surface area contributed by atoms with E-state index in [0.29, 0.717) is 25.7 Å². The Morgan fingerprint density at radius 2 is 2.00 bits per heavy atom. The Kier molecular flexibility index (Phi) is 9.29. The van der Waals surface area contributed by atoms with Crippen LogP contribution in [0.1, 0.15) is 31.9 Å². The van der Waals surface area contributed by atoms with E-state index in [9.17, 15) is 4.79 Å². The molecule has 2 N–H and O–H groups in total. The molecule has 1 heterocycles. The minimum atomic E-state index is 0. The van der Waals surface area contributed by atoms with Gasteiger partial charge in [0.15, 0.2) is 0 Å². The molecule has 136 valence electrons. The number of hydrogen-bond acceptors (Lipinski definition) is 4. The predicted octanol–water partition coefficient (Wildman–Crippen LogP) is 1.94. The predicted molar refractivity (Wildman–Crippen MR) is 99.4 cm³/mol. The molecule has 1 amide bonds. The topological polar surface area (TPSA) is 53.6 Å². The van der Waals surface area contributed by atoms with Gasteiger partial charge in [-0.05, 0) is 31.9 Å². The number of hydrogen-bond donors (Lipinski definition) is 2. The zero-order valence-electron chi connectivity index (χ0n) is 14.9. The Morgan fingerprint density at radius 3 is 2.62 bits per heavy atom. The summed E-state index contributed by atoms with van der Waals surface area (Å²) >= 11 is 0. The van der Waals surface area contributed by atoms with Gasteiger partial charge in [0.2, 0.25) is 5.91 Å². The normalized spacial score (nSPS) is 18.2. The number of ether oxygens (including phenoxy) is 1. The lowest BCUT2D eigenvalue weighted by Crippen LogP contribution is -2.52. The summed E-state index contributed by atoms with van der Waals surface area (Å²) in [7, 11) is 0. The SMILES string of the molecule is CC(C)OCc1ccc(CNC(=O)CN2CCNC[C@H]2C)cc1.Cl. The number of nitrogens with zero attached hydrogens (tertiary/aromatic N) is 1. The second-order valence-electron chi connectivity index (χ2n) is 6.48. The zero-order valence-corrected chi connectivity index (χ0v) is 15.7. The second kappa shape index (κ2) is 10.7. The van der Waals surface area contributed by atoms with Crippen molar-refractivity contribution in [1.29, 1.82) is 0 Å². The Morgan fingerprint density at radius 1 is 1.33 bits per heavy atom. The molecule has 1 atom stereocenters. The largest absolute Gasteiger partial charge is 0.374 e. The number of benzene rings is 1. The van der Waals surface area contributed by atoms with E-state index in [-0.39, 0.29) is 24.4 Å². The van der Waals surface area contributed by atoms with Gasteiger partial charge in [-0.15, -0.1) is 12.4 Å². The quantitative estimate of drug-likeness (QED) is 0.785. The van der Waals surface area contributed by atoms with Crippen LogP contribution in [0.25, 0.3) is 0 Å². The Bertz CT molecular complexity index is 494. The number of halogens is 1. The Balaban J connectivity index is 0.00000288. The van der Waals surface area contributed by atoms with Crippen molar-refractivity contribution in [2.45, 2.75) is 46.1 Å². The van der Waals surface area contributed by atoms with Crippen molar-refractivity contribution in [3.8, 4) is 0 Å². The summed E-state index contributed by atoms with van der Waals surface area (Å²) in [5, 5.41) is 6.34. The molecule has 1 aromatic carbocycles. The number of carbonyl (C=O) groups excluding carboxylic acids is 1. The van der Waals surface area contributed by atoms with Gasteiger partial charge in [0, 0.05) is 32.2 Å². The highest BCUT2D eigenvalue weighted by atomic mass is 35.5. The molecule has 1 aliphatic heterocycles. The fraction of sp³-hybridized carbons (Fsp3) is 0.611. The molecule has 0 saturated carbocycles. The number of carbonyl (C=O) groups is 1. The summed E-state index contributed by atoms with van der Waals surface area (Å²) in [5.41, 5.74) is 2.27. The number of piperazine rings is 1. The number of rotatable bonds is 7. The summed E-state index contributed by atoms with van der Waals surface area (Å²) in [6.45, 7) is 10.7. The van der Waals surface area contributed by atoms with Gasteiger partial charge in [0.25, 0.3) is 0 Å². The fourth-order valence-electron chi connectivity index (χ4n) is 2.58. The molecule has 0 bridgehead atoms. The van der Waals surface area contributed by atoms with Crippen LogP contribution in [0.4, 0.5) is 0 Å². The van der Waals surface area contributed by atoms with Crippen molar-refractivity contribution in [3.05, 3.63) is 35.4 Å². The summed E-state index contributed by atoms with van der Waals surface area (Å²) in [5.74, 6) is 0.0889. The smallest absolute Gasteiger partial charge is 0.234 e. The maximum atomic E-state index is 12.1. The highest BCUT2D eigenvalue weighted by Gasteiger charge is 2.19. The lowest BCUT2D eigenvalue weighted by Gasteiger charge is -2.33. The molecule has 24 heavy (non-hydrogen) atoms. The van der Waals surface area contributed by atoms with Gasteiger partial charge in [0.05, 0.1) is 19.3 Å². The molecule has 5 nitrogen and oxygen atoms in total.